The molecule has 4 heterocycles. The Labute approximate surface area is 112 Å². The van der Waals surface area contributed by atoms with E-state index in [0.29, 0.717) is 12.1 Å². The van der Waals surface area contributed by atoms with Gasteiger partial charge >= 0.3 is 0 Å². The number of piperidine rings is 1. The van der Waals surface area contributed by atoms with E-state index >= 15 is 0 Å². The maximum Gasteiger partial charge on any atom is 0.136 e. The maximum atomic E-state index is 11.2. The van der Waals surface area contributed by atoms with Crippen molar-refractivity contribution in [3.63, 3.8) is 0 Å². The summed E-state index contributed by atoms with van der Waals surface area (Å²) in [5, 5.41) is 11.2. The number of hydrogen-bond donors (Lipinski definition) is 1. The summed E-state index contributed by atoms with van der Waals surface area (Å²) in [5.74, 6) is 0. The molecule has 4 heteroatoms. The molecule has 100 valence electrons. The lowest BCUT2D eigenvalue weighted by atomic mass is 9.83. The quantitative estimate of drug-likeness (QED) is 0.846. The molecule has 2 aliphatic rings. The van der Waals surface area contributed by atoms with Crippen LogP contribution in [0, 0.1) is 0 Å². The van der Waals surface area contributed by atoms with E-state index in [-0.39, 0.29) is 0 Å². The molecule has 2 aromatic heterocycles. The van der Waals surface area contributed by atoms with Gasteiger partial charge in [-0.3, -0.25) is 0 Å². The number of aromatic nitrogens is 2. The van der Waals surface area contributed by atoms with Gasteiger partial charge in [-0.05, 0) is 44.9 Å². The number of rotatable bonds is 1. The third-order valence-electron chi connectivity index (χ3n) is 5.04. The zero-order chi connectivity index (χ0) is 13.0. The lowest BCUT2D eigenvalue weighted by Gasteiger charge is -2.42. The van der Waals surface area contributed by atoms with Gasteiger partial charge in [-0.15, -0.1) is 0 Å². The number of hydrogen-bond acceptors (Lipinski definition) is 3. The van der Waals surface area contributed by atoms with Gasteiger partial charge in [-0.1, -0.05) is 6.07 Å². The van der Waals surface area contributed by atoms with Crippen LogP contribution in [0.15, 0.2) is 30.6 Å². The van der Waals surface area contributed by atoms with Crippen molar-refractivity contribution in [2.75, 3.05) is 7.05 Å². The van der Waals surface area contributed by atoms with E-state index in [2.05, 4.69) is 16.9 Å². The largest absolute Gasteiger partial charge is 0.383 e. The zero-order valence-corrected chi connectivity index (χ0v) is 11.2. The minimum Gasteiger partial charge on any atom is -0.383 e. The predicted molar refractivity (Wildman–Crippen MR) is 72.9 cm³/mol. The molecule has 2 atom stereocenters. The average molecular weight is 257 g/mol. The minimum absolute atomic E-state index is 0.516. The second kappa shape index (κ2) is 3.81. The summed E-state index contributed by atoms with van der Waals surface area (Å²) in [4.78, 5) is 6.76. The Morgan fingerprint density at radius 2 is 2.00 bits per heavy atom. The van der Waals surface area contributed by atoms with Gasteiger partial charge in [0, 0.05) is 24.5 Å². The molecule has 0 radical (unpaired) electrons. The van der Waals surface area contributed by atoms with Crippen molar-refractivity contribution in [3.8, 4) is 0 Å². The molecule has 0 amide bonds. The summed E-state index contributed by atoms with van der Waals surface area (Å²) >= 11 is 0. The van der Waals surface area contributed by atoms with E-state index in [9.17, 15) is 5.11 Å². The molecule has 0 saturated carbocycles. The first-order valence-corrected chi connectivity index (χ1v) is 7.04. The van der Waals surface area contributed by atoms with Gasteiger partial charge in [-0.25, -0.2) is 4.98 Å². The van der Waals surface area contributed by atoms with Gasteiger partial charge < -0.3 is 14.4 Å². The molecule has 2 aliphatic heterocycles. The van der Waals surface area contributed by atoms with Gasteiger partial charge in [0.1, 0.15) is 11.2 Å². The highest BCUT2D eigenvalue weighted by Gasteiger charge is 2.47. The standard InChI is InChI=1S/C15H19N3O/c1-17-11-5-6-12(17)10-15(19,9-11)13-3-2-4-14-16-7-8-18(13)14/h2-4,7-8,11-12,19H,5-6,9-10H2,1H3. The van der Waals surface area contributed by atoms with Crippen LogP contribution in [-0.2, 0) is 5.60 Å². The normalized spacial score (nSPS) is 35.1. The van der Waals surface area contributed by atoms with Crippen molar-refractivity contribution in [3.05, 3.63) is 36.3 Å². The zero-order valence-electron chi connectivity index (χ0n) is 11.2. The number of imidazole rings is 1. The van der Waals surface area contributed by atoms with E-state index in [1.807, 2.05) is 28.8 Å². The van der Waals surface area contributed by atoms with Crippen LogP contribution in [0.3, 0.4) is 0 Å². The van der Waals surface area contributed by atoms with E-state index in [1.165, 1.54) is 12.8 Å². The molecule has 2 aromatic rings. The first kappa shape index (κ1) is 11.4. The van der Waals surface area contributed by atoms with Crippen LogP contribution in [0.25, 0.3) is 5.65 Å². The van der Waals surface area contributed by atoms with E-state index in [4.69, 9.17) is 0 Å². The smallest absolute Gasteiger partial charge is 0.136 e. The van der Waals surface area contributed by atoms with Crippen LogP contribution >= 0.6 is 0 Å². The third kappa shape index (κ3) is 1.56. The maximum absolute atomic E-state index is 11.2. The van der Waals surface area contributed by atoms with Crippen LogP contribution in [0.2, 0.25) is 0 Å². The van der Waals surface area contributed by atoms with Crippen LogP contribution in [0.1, 0.15) is 31.4 Å². The summed E-state index contributed by atoms with van der Waals surface area (Å²) in [5.41, 5.74) is 1.20. The first-order chi connectivity index (χ1) is 9.17. The molecule has 2 unspecified atom stereocenters. The fraction of sp³-hybridized carbons (Fsp3) is 0.533. The summed E-state index contributed by atoms with van der Waals surface area (Å²) in [6.07, 6.45) is 7.83. The molecule has 19 heavy (non-hydrogen) atoms. The van der Waals surface area contributed by atoms with Crippen LogP contribution in [0.5, 0.6) is 0 Å². The first-order valence-electron chi connectivity index (χ1n) is 7.04. The Bertz CT molecular complexity index is 607. The number of pyridine rings is 1. The van der Waals surface area contributed by atoms with E-state index in [1.54, 1.807) is 6.20 Å². The third-order valence-corrected chi connectivity index (χ3v) is 5.04. The predicted octanol–water partition coefficient (Wildman–Crippen LogP) is 1.78. The van der Waals surface area contributed by atoms with Gasteiger partial charge in [0.15, 0.2) is 0 Å². The Hall–Kier alpha value is -1.39. The van der Waals surface area contributed by atoms with Crippen molar-refractivity contribution in [1.82, 2.24) is 14.3 Å². The molecule has 2 saturated heterocycles. The van der Waals surface area contributed by atoms with Gasteiger partial charge in [0.05, 0.1) is 5.69 Å². The Kier molecular flexibility index (Phi) is 2.29. The van der Waals surface area contributed by atoms with Crippen molar-refractivity contribution in [2.24, 2.45) is 0 Å². The van der Waals surface area contributed by atoms with Gasteiger partial charge in [0.2, 0.25) is 0 Å². The molecular weight excluding hydrogens is 238 g/mol. The van der Waals surface area contributed by atoms with Crippen LogP contribution < -0.4 is 0 Å². The molecule has 4 nitrogen and oxygen atoms in total. The van der Waals surface area contributed by atoms with Crippen LogP contribution in [-0.4, -0.2) is 38.5 Å². The summed E-state index contributed by atoms with van der Waals surface area (Å²) in [6, 6.07) is 7.05. The molecule has 2 bridgehead atoms. The average Bonchev–Trinajstić information content (AvgIpc) is 2.94. The molecule has 0 aliphatic carbocycles. The molecule has 0 spiro atoms. The van der Waals surface area contributed by atoms with Crippen molar-refractivity contribution in [1.29, 1.82) is 0 Å². The lowest BCUT2D eigenvalue weighted by Crippen LogP contribution is -2.48. The number of nitrogens with zero attached hydrogens (tertiary/aromatic N) is 3. The molecular formula is C15H19N3O. The fourth-order valence-corrected chi connectivity index (χ4v) is 3.98. The second-order valence-corrected chi connectivity index (χ2v) is 6.06. The van der Waals surface area contributed by atoms with E-state index in [0.717, 1.165) is 24.2 Å². The Morgan fingerprint density at radius 1 is 1.26 bits per heavy atom. The summed E-state index contributed by atoms with van der Waals surface area (Å²) in [6.45, 7) is 0. The lowest BCUT2D eigenvalue weighted by molar-refractivity contribution is -0.0531. The number of aliphatic hydroxyl groups is 1. The molecule has 1 N–H and O–H groups in total. The highest BCUT2D eigenvalue weighted by molar-refractivity contribution is 5.41. The Balaban J connectivity index is 1.81. The van der Waals surface area contributed by atoms with Crippen LogP contribution in [0.4, 0.5) is 0 Å². The second-order valence-electron chi connectivity index (χ2n) is 6.06. The van der Waals surface area contributed by atoms with Gasteiger partial charge in [0.25, 0.3) is 0 Å². The highest BCUT2D eigenvalue weighted by Crippen LogP contribution is 2.44. The van der Waals surface area contributed by atoms with Gasteiger partial charge in [-0.2, -0.15) is 0 Å². The monoisotopic (exact) mass is 257 g/mol. The molecule has 4 rings (SSSR count). The van der Waals surface area contributed by atoms with E-state index < -0.39 is 5.60 Å². The van der Waals surface area contributed by atoms with Crippen molar-refractivity contribution < 1.29 is 5.11 Å². The minimum atomic E-state index is -0.710. The highest BCUT2D eigenvalue weighted by atomic mass is 16.3. The van der Waals surface area contributed by atoms with Crippen molar-refractivity contribution in [2.45, 2.75) is 43.4 Å². The van der Waals surface area contributed by atoms with Crippen molar-refractivity contribution >= 4 is 5.65 Å². The summed E-state index contributed by atoms with van der Waals surface area (Å²) in [7, 11) is 2.19. The topological polar surface area (TPSA) is 40.8 Å². The Morgan fingerprint density at radius 3 is 2.74 bits per heavy atom. The SMILES string of the molecule is CN1C2CCC1CC(O)(c1cccc3nccn13)C2. The fourth-order valence-electron chi connectivity index (χ4n) is 3.98. The molecule has 2 fully saturated rings. The summed E-state index contributed by atoms with van der Waals surface area (Å²) < 4.78 is 2.03. The number of fused-ring (bicyclic) bond motifs is 3. The molecule has 0 aromatic carbocycles.